The minimum Gasteiger partial charge on any atom is -0.306 e. The lowest BCUT2D eigenvalue weighted by molar-refractivity contribution is 0.509. The number of rotatable bonds is 4. The van der Waals surface area contributed by atoms with Crippen LogP contribution in [0.2, 0.25) is 0 Å². The van der Waals surface area contributed by atoms with Gasteiger partial charge in [-0.25, -0.2) is 4.98 Å². The maximum Gasteiger partial charge on any atom is 0.140 e. The molecule has 0 amide bonds. The topological polar surface area (TPSA) is 42.7 Å². The van der Waals surface area contributed by atoms with E-state index in [1.54, 1.807) is 6.33 Å². The number of nitrogens with one attached hydrogen (secondary N) is 1. The summed E-state index contributed by atoms with van der Waals surface area (Å²) in [4.78, 5) is 4.21. The average Bonchev–Trinajstić information content (AvgIpc) is 2.83. The van der Waals surface area contributed by atoms with Crippen LogP contribution in [0, 0.1) is 0 Å². The first-order chi connectivity index (χ1) is 7.31. The molecule has 1 aromatic heterocycles. The van der Waals surface area contributed by atoms with E-state index in [9.17, 15) is 0 Å². The highest BCUT2D eigenvalue weighted by molar-refractivity contribution is 7.99. The number of hydrogen-bond donors (Lipinski definition) is 1. The molecule has 0 saturated heterocycles. The number of aromatic nitrogens is 3. The van der Waals surface area contributed by atoms with Gasteiger partial charge >= 0.3 is 0 Å². The Balaban J connectivity index is 1.85. The lowest BCUT2D eigenvalue weighted by atomic mass is 10.2. The number of thioether (sulfide) groups is 1. The van der Waals surface area contributed by atoms with E-state index >= 15 is 0 Å². The Morgan fingerprint density at radius 1 is 1.60 bits per heavy atom. The molecule has 2 rings (SSSR count). The average molecular weight is 226 g/mol. The summed E-state index contributed by atoms with van der Waals surface area (Å²) in [6, 6.07) is 0.650. The van der Waals surface area contributed by atoms with Gasteiger partial charge < -0.3 is 5.32 Å². The Kier molecular flexibility index (Phi) is 3.64. The van der Waals surface area contributed by atoms with Crippen molar-refractivity contribution in [1.29, 1.82) is 0 Å². The highest BCUT2D eigenvalue weighted by atomic mass is 32.2. The van der Waals surface area contributed by atoms with Gasteiger partial charge in [0.05, 0.1) is 6.54 Å². The van der Waals surface area contributed by atoms with Gasteiger partial charge in [-0.1, -0.05) is 6.42 Å². The maximum atomic E-state index is 4.21. The molecule has 0 aliphatic heterocycles. The predicted octanol–water partition coefficient (Wildman–Crippen LogP) is 1.19. The highest BCUT2D eigenvalue weighted by Gasteiger charge is 2.25. The van der Waals surface area contributed by atoms with Gasteiger partial charge in [-0.2, -0.15) is 16.9 Å². The van der Waals surface area contributed by atoms with Crippen molar-refractivity contribution >= 4 is 11.8 Å². The van der Waals surface area contributed by atoms with Crippen molar-refractivity contribution in [2.24, 2.45) is 7.05 Å². The monoisotopic (exact) mass is 226 g/mol. The van der Waals surface area contributed by atoms with Crippen molar-refractivity contribution in [3.05, 3.63) is 12.2 Å². The first kappa shape index (κ1) is 11.0. The first-order valence-corrected chi connectivity index (χ1v) is 6.69. The third-order valence-electron chi connectivity index (χ3n) is 3.08. The Hall–Kier alpha value is -0.550. The van der Waals surface area contributed by atoms with Crippen LogP contribution in [0.4, 0.5) is 0 Å². The molecule has 1 heterocycles. The fourth-order valence-electron chi connectivity index (χ4n) is 2.14. The fourth-order valence-corrected chi connectivity index (χ4v) is 3.11. The molecule has 1 N–H and O–H groups in total. The summed E-state index contributed by atoms with van der Waals surface area (Å²) in [6.07, 6.45) is 7.80. The largest absolute Gasteiger partial charge is 0.306 e. The Morgan fingerprint density at radius 2 is 2.47 bits per heavy atom. The summed E-state index contributed by atoms with van der Waals surface area (Å²) in [5, 5.41) is 8.42. The van der Waals surface area contributed by atoms with Crippen molar-refractivity contribution in [2.45, 2.75) is 37.1 Å². The van der Waals surface area contributed by atoms with Crippen LogP contribution >= 0.6 is 11.8 Å². The Morgan fingerprint density at radius 3 is 3.13 bits per heavy atom. The second-order valence-electron chi connectivity index (χ2n) is 3.99. The van der Waals surface area contributed by atoms with Gasteiger partial charge in [0, 0.05) is 18.3 Å². The van der Waals surface area contributed by atoms with Crippen molar-refractivity contribution in [3.63, 3.8) is 0 Å². The normalized spacial score (nSPS) is 26.0. The molecule has 84 valence electrons. The van der Waals surface area contributed by atoms with Crippen molar-refractivity contribution in [3.8, 4) is 0 Å². The first-order valence-electron chi connectivity index (χ1n) is 5.40. The zero-order chi connectivity index (χ0) is 10.7. The molecule has 2 unspecified atom stereocenters. The van der Waals surface area contributed by atoms with Crippen molar-refractivity contribution < 1.29 is 0 Å². The molecule has 1 aliphatic carbocycles. The molecule has 1 aromatic rings. The van der Waals surface area contributed by atoms with Crippen LogP contribution in [-0.2, 0) is 13.6 Å². The standard InChI is InChI=1S/C10H18N4S/c1-14-10(12-7-13-14)6-11-8-4-3-5-9(8)15-2/h7-9,11H,3-6H2,1-2H3. The lowest BCUT2D eigenvalue weighted by Crippen LogP contribution is -2.34. The van der Waals surface area contributed by atoms with Crippen LogP contribution in [-0.4, -0.2) is 32.3 Å². The molecule has 5 heteroatoms. The zero-order valence-electron chi connectivity index (χ0n) is 9.31. The van der Waals surface area contributed by atoms with Crippen molar-refractivity contribution in [1.82, 2.24) is 20.1 Å². The molecular formula is C10H18N4S. The molecule has 2 atom stereocenters. The van der Waals surface area contributed by atoms with E-state index in [0.29, 0.717) is 6.04 Å². The summed E-state index contributed by atoms with van der Waals surface area (Å²) in [5.74, 6) is 1.02. The second kappa shape index (κ2) is 4.99. The summed E-state index contributed by atoms with van der Waals surface area (Å²) >= 11 is 1.98. The quantitative estimate of drug-likeness (QED) is 0.837. The zero-order valence-corrected chi connectivity index (χ0v) is 10.1. The number of hydrogen-bond acceptors (Lipinski definition) is 4. The van der Waals surface area contributed by atoms with Gasteiger partial charge in [0.25, 0.3) is 0 Å². The van der Waals surface area contributed by atoms with Crippen LogP contribution in [0.3, 0.4) is 0 Å². The van der Waals surface area contributed by atoms with Gasteiger partial charge in [-0.15, -0.1) is 0 Å². The fraction of sp³-hybridized carbons (Fsp3) is 0.800. The van der Waals surface area contributed by atoms with Gasteiger partial charge in [-0.05, 0) is 19.1 Å². The van der Waals surface area contributed by atoms with Crippen LogP contribution in [0.15, 0.2) is 6.33 Å². The lowest BCUT2D eigenvalue weighted by Gasteiger charge is -2.18. The van der Waals surface area contributed by atoms with Crippen molar-refractivity contribution in [2.75, 3.05) is 6.26 Å². The molecule has 0 radical (unpaired) electrons. The van der Waals surface area contributed by atoms with Crippen LogP contribution < -0.4 is 5.32 Å². The summed E-state index contributed by atoms with van der Waals surface area (Å²) in [7, 11) is 1.94. The Bertz CT molecular complexity index is 312. The van der Waals surface area contributed by atoms with E-state index in [2.05, 4.69) is 21.7 Å². The summed E-state index contributed by atoms with van der Waals surface area (Å²) in [6.45, 7) is 0.832. The number of aryl methyl sites for hydroxylation is 1. The van der Waals surface area contributed by atoms with E-state index in [-0.39, 0.29) is 0 Å². The van der Waals surface area contributed by atoms with Gasteiger partial charge in [0.2, 0.25) is 0 Å². The molecule has 4 nitrogen and oxygen atoms in total. The summed E-state index contributed by atoms with van der Waals surface area (Å²) in [5.41, 5.74) is 0. The summed E-state index contributed by atoms with van der Waals surface area (Å²) < 4.78 is 1.83. The minimum absolute atomic E-state index is 0.650. The van der Waals surface area contributed by atoms with Crippen LogP contribution in [0.5, 0.6) is 0 Å². The number of nitrogens with zero attached hydrogens (tertiary/aromatic N) is 3. The van der Waals surface area contributed by atoms with E-state index in [1.807, 2.05) is 23.5 Å². The third-order valence-corrected chi connectivity index (χ3v) is 4.25. The molecular weight excluding hydrogens is 208 g/mol. The van der Waals surface area contributed by atoms with E-state index < -0.39 is 0 Å². The molecule has 15 heavy (non-hydrogen) atoms. The molecule has 0 aromatic carbocycles. The minimum atomic E-state index is 0.650. The van der Waals surface area contributed by atoms with E-state index in [0.717, 1.165) is 17.6 Å². The SMILES string of the molecule is CSC1CCCC1NCc1ncnn1C. The van der Waals surface area contributed by atoms with Gasteiger partial charge in [0.1, 0.15) is 12.2 Å². The molecule has 0 bridgehead atoms. The molecule has 0 spiro atoms. The molecule has 1 fully saturated rings. The second-order valence-corrected chi connectivity index (χ2v) is 5.07. The molecule has 1 aliphatic rings. The molecule has 1 saturated carbocycles. The van der Waals surface area contributed by atoms with E-state index in [4.69, 9.17) is 0 Å². The van der Waals surface area contributed by atoms with Crippen LogP contribution in [0.1, 0.15) is 25.1 Å². The third kappa shape index (κ3) is 2.52. The van der Waals surface area contributed by atoms with Crippen LogP contribution in [0.25, 0.3) is 0 Å². The maximum absolute atomic E-state index is 4.21. The van der Waals surface area contributed by atoms with E-state index in [1.165, 1.54) is 19.3 Å². The van der Waals surface area contributed by atoms with Gasteiger partial charge in [0.15, 0.2) is 0 Å². The smallest absolute Gasteiger partial charge is 0.140 e. The predicted molar refractivity (Wildman–Crippen MR) is 62.8 cm³/mol. The Labute approximate surface area is 94.8 Å². The van der Waals surface area contributed by atoms with Gasteiger partial charge in [-0.3, -0.25) is 4.68 Å². The highest BCUT2D eigenvalue weighted by Crippen LogP contribution is 2.28.